The molecule has 0 aliphatic carbocycles. The van der Waals surface area contributed by atoms with Gasteiger partial charge in [-0.05, 0) is 45.6 Å². The molecule has 7 nitrogen and oxygen atoms in total. The first-order valence-corrected chi connectivity index (χ1v) is 10.4. The van der Waals surface area contributed by atoms with Gasteiger partial charge in [-0.15, -0.1) is 0 Å². The number of amides is 1. The lowest BCUT2D eigenvalue weighted by Crippen LogP contribution is -2.45. The molecule has 0 saturated carbocycles. The SMILES string of the molecule is COc1ccc(C(=O)NCC2CCC3(CCN(CC=C(C)C)CC3)O2)c(OC)n1. The Morgan fingerprint density at radius 2 is 2.03 bits per heavy atom. The second kappa shape index (κ2) is 9.59. The number of carbonyl (C=O) groups is 1. The zero-order chi connectivity index (χ0) is 20.9. The third kappa shape index (κ3) is 5.48. The fourth-order valence-corrected chi connectivity index (χ4v) is 4.03. The lowest BCUT2D eigenvalue weighted by atomic mass is 9.88. The van der Waals surface area contributed by atoms with E-state index in [2.05, 4.69) is 35.1 Å². The van der Waals surface area contributed by atoms with Crippen LogP contribution in [0.15, 0.2) is 23.8 Å². The van der Waals surface area contributed by atoms with Crippen LogP contribution in [0.25, 0.3) is 0 Å². The van der Waals surface area contributed by atoms with Crippen molar-refractivity contribution in [3.8, 4) is 11.8 Å². The van der Waals surface area contributed by atoms with E-state index in [1.807, 2.05) is 0 Å². The van der Waals surface area contributed by atoms with Crippen molar-refractivity contribution in [3.63, 3.8) is 0 Å². The third-order valence-electron chi connectivity index (χ3n) is 5.84. The average Bonchev–Trinajstić information content (AvgIpc) is 3.13. The van der Waals surface area contributed by atoms with Crippen LogP contribution in [-0.4, -0.2) is 67.9 Å². The van der Waals surface area contributed by atoms with Gasteiger partial charge in [0.05, 0.1) is 25.9 Å². The fraction of sp³-hybridized carbons (Fsp3) is 0.636. The Morgan fingerprint density at radius 3 is 2.69 bits per heavy atom. The molecule has 0 bridgehead atoms. The summed E-state index contributed by atoms with van der Waals surface area (Å²) in [5, 5.41) is 2.97. The maximum atomic E-state index is 12.6. The number of nitrogens with zero attached hydrogens (tertiary/aromatic N) is 2. The highest BCUT2D eigenvalue weighted by molar-refractivity contribution is 5.96. The number of methoxy groups -OCH3 is 2. The minimum atomic E-state index is -0.210. The number of pyridine rings is 1. The smallest absolute Gasteiger partial charge is 0.256 e. The molecular weight excluding hydrogens is 370 g/mol. The van der Waals surface area contributed by atoms with Gasteiger partial charge in [0.2, 0.25) is 11.8 Å². The van der Waals surface area contributed by atoms with Crippen LogP contribution in [0.3, 0.4) is 0 Å². The van der Waals surface area contributed by atoms with Crippen molar-refractivity contribution < 1.29 is 19.0 Å². The van der Waals surface area contributed by atoms with Crippen molar-refractivity contribution in [1.29, 1.82) is 0 Å². The zero-order valence-electron chi connectivity index (χ0n) is 18.0. The summed E-state index contributed by atoms with van der Waals surface area (Å²) in [7, 11) is 3.02. The Balaban J connectivity index is 1.48. The van der Waals surface area contributed by atoms with Crippen LogP contribution in [0.2, 0.25) is 0 Å². The summed E-state index contributed by atoms with van der Waals surface area (Å²) < 4.78 is 16.7. The molecule has 3 heterocycles. The van der Waals surface area contributed by atoms with Gasteiger partial charge in [0.25, 0.3) is 5.91 Å². The number of rotatable bonds is 7. The molecule has 160 valence electrons. The zero-order valence-corrected chi connectivity index (χ0v) is 18.0. The molecule has 0 radical (unpaired) electrons. The van der Waals surface area contributed by atoms with Gasteiger partial charge < -0.3 is 19.5 Å². The lowest BCUT2D eigenvalue weighted by molar-refractivity contribution is -0.0741. The van der Waals surface area contributed by atoms with E-state index in [-0.39, 0.29) is 23.5 Å². The standard InChI is InChI=1S/C22H33N3O4/c1-16(2)8-12-25-13-10-22(11-14-25)9-7-17(29-22)15-23-20(26)18-5-6-19(27-3)24-21(18)28-4/h5-6,8,17H,7,9-15H2,1-4H3,(H,23,26). The highest BCUT2D eigenvalue weighted by Crippen LogP contribution is 2.38. The predicted octanol–water partition coefficient (Wildman–Crippen LogP) is 2.81. The van der Waals surface area contributed by atoms with E-state index in [1.54, 1.807) is 12.1 Å². The van der Waals surface area contributed by atoms with E-state index in [4.69, 9.17) is 14.2 Å². The number of carbonyl (C=O) groups excluding carboxylic acids is 1. The summed E-state index contributed by atoms with van der Waals surface area (Å²) in [5.74, 6) is 0.461. The number of hydrogen-bond acceptors (Lipinski definition) is 6. The van der Waals surface area contributed by atoms with Gasteiger partial charge in [0, 0.05) is 32.2 Å². The Bertz CT molecular complexity index is 738. The minimum Gasteiger partial charge on any atom is -0.481 e. The van der Waals surface area contributed by atoms with E-state index in [0.29, 0.717) is 18.0 Å². The van der Waals surface area contributed by atoms with Crippen LogP contribution < -0.4 is 14.8 Å². The van der Waals surface area contributed by atoms with E-state index in [1.165, 1.54) is 19.8 Å². The van der Waals surface area contributed by atoms with E-state index < -0.39 is 0 Å². The first kappa shape index (κ1) is 21.6. The molecule has 2 aliphatic rings. The van der Waals surface area contributed by atoms with Crippen LogP contribution in [0.4, 0.5) is 0 Å². The molecule has 29 heavy (non-hydrogen) atoms. The number of likely N-dealkylation sites (tertiary alicyclic amines) is 1. The molecule has 1 unspecified atom stereocenters. The van der Waals surface area contributed by atoms with Gasteiger partial charge in [0.1, 0.15) is 5.56 Å². The molecule has 0 aromatic carbocycles. The lowest BCUT2D eigenvalue weighted by Gasteiger charge is -2.39. The van der Waals surface area contributed by atoms with Gasteiger partial charge in [-0.25, -0.2) is 0 Å². The maximum absolute atomic E-state index is 12.6. The predicted molar refractivity (Wildman–Crippen MR) is 112 cm³/mol. The van der Waals surface area contributed by atoms with Crippen molar-refractivity contribution in [2.45, 2.75) is 51.2 Å². The topological polar surface area (TPSA) is 72.9 Å². The maximum Gasteiger partial charge on any atom is 0.256 e. The molecule has 1 N–H and O–H groups in total. The van der Waals surface area contributed by atoms with Crippen molar-refractivity contribution in [3.05, 3.63) is 29.3 Å². The number of nitrogens with one attached hydrogen (secondary N) is 1. The number of ether oxygens (including phenoxy) is 3. The fourth-order valence-electron chi connectivity index (χ4n) is 4.03. The van der Waals surface area contributed by atoms with Crippen LogP contribution in [0.1, 0.15) is 49.9 Å². The van der Waals surface area contributed by atoms with Crippen molar-refractivity contribution in [1.82, 2.24) is 15.2 Å². The number of aromatic nitrogens is 1. The number of allylic oxidation sites excluding steroid dienone is 1. The molecule has 1 aromatic heterocycles. The van der Waals surface area contributed by atoms with Crippen molar-refractivity contribution in [2.24, 2.45) is 0 Å². The normalized spacial score (nSPS) is 21.0. The summed E-state index contributed by atoms with van der Waals surface area (Å²) in [4.78, 5) is 19.2. The van der Waals surface area contributed by atoms with E-state index >= 15 is 0 Å². The van der Waals surface area contributed by atoms with Crippen LogP contribution in [0, 0.1) is 0 Å². The molecule has 2 saturated heterocycles. The minimum absolute atomic E-state index is 0.0176. The Hall–Kier alpha value is -2.12. The highest BCUT2D eigenvalue weighted by Gasteiger charge is 2.42. The first-order chi connectivity index (χ1) is 13.9. The number of piperidine rings is 1. The molecule has 1 atom stereocenters. The summed E-state index contributed by atoms with van der Waals surface area (Å²) >= 11 is 0. The third-order valence-corrected chi connectivity index (χ3v) is 5.84. The highest BCUT2D eigenvalue weighted by atomic mass is 16.5. The number of hydrogen-bond donors (Lipinski definition) is 1. The molecule has 1 spiro atoms. The first-order valence-electron chi connectivity index (χ1n) is 10.4. The molecule has 1 amide bonds. The molecule has 3 rings (SSSR count). The van der Waals surface area contributed by atoms with Gasteiger partial charge in [0.15, 0.2) is 0 Å². The van der Waals surface area contributed by atoms with E-state index in [9.17, 15) is 4.79 Å². The van der Waals surface area contributed by atoms with Crippen LogP contribution >= 0.6 is 0 Å². The van der Waals surface area contributed by atoms with E-state index in [0.717, 1.165) is 45.3 Å². The Morgan fingerprint density at radius 1 is 1.28 bits per heavy atom. The second-order valence-electron chi connectivity index (χ2n) is 8.16. The quantitative estimate of drug-likeness (QED) is 0.706. The van der Waals surface area contributed by atoms with Crippen LogP contribution in [-0.2, 0) is 4.74 Å². The van der Waals surface area contributed by atoms with Gasteiger partial charge in [-0.1, -0.05) is 11.6 Å². The van der Waals surface area contributed by atoms with Crippen molar-refractivity contribution >= 4 is 5.91 Å². The van der Waals surface area contributed by atoms with Crippen molar-refractivity contribution in [2.75, 3.05) is 40.4 Å². The monoisotopic (exact) mass is 403 g/mol. The second-order valence-corrected chi connectivity index (χ2v) is 8.16. The summed E-state index contributed by atoms with van der Waals surface area (Å²) in [6.07, 6.45) is 6.51. The van der Waals surface area contributed by atoms with Gasteiger partial charge >= 0.3 is 0 Å². The molecule has 2 fully saturated rings. The van der Waals surface area contributed by atoms with Crippen LogP contribution in [0.5, 0.6) is 11.8 Å². The summed E-state index contributed by atoms with van der Waals surface area (Å²) in [6.45, 7) is 7.94. The average molecular weight is 404 g/mol. The van der Waals surface area contributed by atoms with Gasteiger partial charge in [-0.2, -0.15) is 4.98 Å². The molecule has 2 aliphatic heterocycles. The van der Waals surface area contributed by atoms with Gasteiger partial charge in [-0.3, -0.25) is 9.69 Å². The largest absolute Gasteiger partial charge is 0.481 e. The summed E-state index contributed by atoms with van der Waals surface area (Å²) in [6, 6.07) is 3.32. The summed E-state index contributed by atoms with van der Waals surface area (Å²) in [5.41, 5.74) is 1.74. The molecule has 7 heteroatoms. The molecule has 1 aromatic rings. The molecular formula is C22H33N3O4. The Kier molecular flexibility index (Phi) is 7.14. The Labute approximate surface area is 173 Å².